The molecule has 0 fully saturated rings. The number of aryl methyl sites for hydroxylation is 1. The van der Waals surface area contributed by atoms with Crippen molar-refractivity contribution in [1.29, 1.82) is 0 Å². The van der Waals surface area contributed by atoms with Gasteiger partial charge in [-0.1, -0.05) is 23.5 Å². The predicted molar refractivity (Wildman–Crippen MR) is 79.4 cm³/mol. The molecule has 0 saturated heterocycles. The second kappa shape index (κ2) is 6.33. The minimum Gasteiger partial charge on any atom is -0.495 e. The zero-order chi connectivity index (χ0) is 14.5. The number of hydrogen-bond donors (Lipinski definition) is 2. The Morgan fingerprint density at radius 1 is 1.35 bits per heavy atom. The third-order valence-corrected chi connectivity index (χ3v) is 3.38. The molecule has 6 nitrogen and oxygen atoms in total. The van der Waals surface area contributed by atoms with Gasteiger partial charge in [0, 0.05) is 0 Å². The lowest BCUT2D eigenvalue weighted by Crippen LogP contribution is -2.31. The molecule has 2 aromatic rings. The molecule has 1 amide bonds. The van der Waals surface area contributed by atoms with Crippen molar-refractivity contribution in [2.24, 2.45) is 0 Å². The number of carbonyl (C=O) groups excluding carboxylic acids is 1. The van der Waals surface area contributed by atoms with Gasteiger partial charge < -0.3 is 10.1 Å². The first-order valence-corrected chi connectivity index (χ1v) is 6.92. The summed E-state index contributed by atoms with van der Waals surface area (Å²) >= 11 is 1.34. The second-order valence-corrected chi connectivity index (χ2v) is 5.36. The number of nitrogens with zero attached hydrogens (tertiary/aromatic N) is 2. The summed E-state index contributed by atoms with van der Waals surface area (Å²) in [6.07, 6.45) is 0. The van der Waals surface area contributed by atoms with Crippen LogP contribution in [0.25, 0.3) is 0 Å². The number of rotatable bonds is 5. The van der Waals surface area contributed by atoms with Crippen LogP contribution in [0.15, 0.2) is 24.3 Å². The van der Waals surface area contributed by atoms with Gasteiger partial charge in [0.05, 0.1) is 12.8 Å². The first-order chi connectivity index (χ1) is 9.60. The van der Waals surface area contributed by atoms with Crippen LogP contribution in [-0.4, -0.2) is 29.3 Å². The van der Waals surface area contributed by atoms with Gasteiger partial charge in [0.1, 0.15) is 16.8 Å². The topological polar surface area (TPSA) is 76.1 Å². The van der Waals surface area contributed by atoms with Crippen LogP contribution in [0.3, 0.4) is 0 Å². The summed E-state index contributed by atoms with van der Waals surface area (Å²) in [4.78, 5) is 12.1. The van der Waals surface area contributed by atoms with E-state index in [1.165, 1.54) is 11.3 Å². The van der Waals surface area contributed by atoms with E-state index in [0.717, 1.165) is 10.7 Å². The fourth-order valence-electron chi connectivity index (χ4n) is 1.62. The number of methoxy groups -OCH3 is 1. The number of aromatic nitrogens is 2. The quantitative estimate of drug-likeness (QED) is 0.884. The van der Waals surface area contributed by atoms with E-state index >= 15 is 0 Å². The first-order valence-electron chi connectivity index (χ1n) is 6.10. The van der Waals surface area contributed by atoms with Gasteiger partial charge in [0.15, 0.2) is 0 Å². The smallest absolute Gasteiger partial charge is 0.248 e. The SMILES string of the molecule is COc1ccccc1N[C@@H](C)C(=O)Nc1nnc(C)s1. The average molecular weight is 292 g/mol. The van der Waals surface area contributed by atoms with Gasteiger partial charge in [-0.3, -0.25) is 10.1 Å². The standard InChI is InChI=1S/C13H16N4O2S/c1-8(12(18)15-13-17-16-9(2)20-13)14-10-6-4-5-7-11(10)19-3/h4-8,14H,1-3H3,(H,15,17,18)/t8-/m0/s1. The molecule has 106 valence electrons. The van der Waals surface area contributed by atoms with Crippen molar-refractivity contribution in [1.82, 2.24) is 10.2 Å². The summed E-state index contributed by atoms with van der Waals surface area (Å²) in [5, 5.41) is 14.9. The van der Waals surface area contributed by atoms with Gasteiger partial charge in [0.25, 0.3) is 0 Å². The molecule has 0 aliphatic rings. The van der Waals surface area contributed by atoms with E-state index in [1.807, 2.05) is 31.2 Å². The predicted octanol–water partition coefficient (Wildman–Crippen LogP) is 2.29. The molecule has 2 N–H and O–H groups in total. The Kier molecular flexibility index (Phi) is 4.52. The minimum atomic E-state index is -0.421. The Hall–Kier alpha value is -2.15. The Morgan fingerprint density at radius 3 is 2.75 bits per heavy atom. The van der Waals surface area contributed by atoms with Crippen LogP contribution in [-0.2, 0) is 4.79 Å². The highest BCUT2D eigenvalue weighted by molar-refractivity contribution is 7.15. The lowest BCUT2D eigenvalue weighted by Gasteiger charge is -2.16. The molecule has 7 heteroatoms. The van der Waals surface area contributed by atoms with Crippen molar-refractivity contribution < 1.29 is 9.53 Å². The third-order valence-electron chi connectivity index (χ3n) is 2.63. The fourth-order valence-corrected chi connectivity index (χ4v) is 2.22. The normalized spacial score (nSPS) is 11.8. The Morgan fingerprint density at radius 2 is 2.10 bits per heavy atom. The number of ether oxygens (including phenoxy) is 1. The highest BCUT2D eigenvalue weighted by Crippen LogP contribution is 2.24. The molecule has 0 spiro atoms. The van der Waals surface area contributed by atoms with E-state index in [4.69, 9.17) is 4.74 Å². The maximum atomic E-state index is 12.1. The second-order valence-electron chi connectivity index (χ2n) is 4.18. The van der Waals surface area contributed by atoms with E-state index in [0.29, 0.717) is 10.9 Å². The highest BCUT2D eigenvalue weighted by atomic mass is 32.1. The molecule has 0 bridgehead atoms. The highest BCUT2D eigenvalue weighted by Gasteiger charge is 2.16. The van der Waals surface area contributed by atoms with Crippen LogP contribution in [0.4, 0.5) is 10.8 Å². The fraction of sp³-hybridized carbons (Fsp3) is 0.308. The number of carbonyl (C=O) groups is 1. The number of nitrogens with one attached hydrogen (secondary N) is 2. The number of amides is 1. The van der Waals surface area contributed by atoms with E-state index in [9.17, 15) is 4.79 Å². The van der Waals surface area contributed by atoms with E-state index < -0.39 is 6.04 Å². The summed E-state index contributed by atoms with van der Waals surface area (Å²) in [6.45, 7) is 3.61. The van der Waals surface area contributed by atoms with Crippen molar-refractivity contribution in [2.45, 2.75) is 19.9 Å². The van der Waals surface area contributed by atoms with E-state index in [1.54, 1.807) is 14.0 Å². The molecule has 2 rings (SSSR count). The van der Waals surface area contributed by atoms with E-state index in [2.05, 4.69) is 20.8 Å². The molecule has 0 aliphatic carbocycles. The van der Waals surface area contributed by atoms with Crippen molar-refractivity contribution >= 4 is 28.1 Å². The van der Waals surface area contributed by atoms with Crippen LogP contribution in [0.1, 0.15) is 11.9 Å². The van der Waals surface area contributed by atoms with Crippen LogP contribution in [0, 0.1) is 6.92 Å². The van der Waals surface area contributed by atoms with Crippen LogP contribution < -0.4 is 15.4 Å². The number of benzene rings is 1. The Bertz CT molecular complexity index is 600. The van der Waals surface area contributed by atoms with E-state index in [-0.39, 0.29) is 5.91 Å². The molecular formula is C13H16N4O2S. The van der Waals surface area contributed by atoms with Gasteiger partial charge in [0.2, 0.25) is 11.0 Å². The zero-order valence-corrected chi connectivity index (χ0v) is 12.3. The van der Waals surface area contributed by atoms with Crippen molar-refractivity contribution in [3.63, 3.8) is 0 Å². The molecule has 0 unspecified atom stereocenters. The summed E-state index contributed by atoms with van der Waals surface area (Å²) in [5.74, 6) is 0.519. The molecular weight excluding hydrogens is 276 g/mol. The van der Waals surface area contributed by atoms with Crippen molar-refractivity contribution in [2.75, 3.05) is 17.7 Å². The molecule has 1 heterocycles. The molecule has 1 aromatic heterocycles. The van der Waals surface area contributed by atoms with Crippen molar-refractivity contribution in [3.8, 4) is 5.75 Å². The molecule has 1 aromatic carbocycles. The summed E-state index contributed by atoms with van der Waals surface area (Å²) in [6, 6.07) is 7.02. The average Bonchev–Trinajstić information content (AvgIpc) is 2.84. The Labute approximate surface area is 121 Å². The van der Waals surface area contributed by atoms with Crippen molar-refractivity contribution in [3.05, 3.63) is 29.3 Å². The Balaban J connectivity index is 2.00. The maximum absolute atomic E-state index is 12.1. The summed E-state index contributed by atoms with van der Waals surface area (Å²) < 4.78 is 5.23. The summed E-state index contributed by atoms with van der Waals surface area (Å²) in [5.41, 5.74) is 0.770. The van der Waals surface area contributed by atoms with Gasteiger partial charge >= 0.3 is 0 Å². The molecule has 0 radical (unpaired) electrons. The number of hydrogen-bond acceptors (Lipinski definition) is 6. The van der Waals surface area contributed by atoms with Gasteiger partial charge in [-0.15, -0.1) is 10.2 Å². The first kappa shape index (κ1) is 14.3. The van der Waals surface area contributed by atoms with Crippen LogP contribution >= 0.6 is 11.3 Å². The van der Waals surface area contributed by atoms with Crippen LogP contribution in [0.5, 0.6) is 5.75 Å². The third kappa shape index (κ3) is 3.45. The summed E-state index contributed by atoms with van der Waals surface area (Å²) in [7, 11) is 1.59. The molecule has 1 atom stereocenters. The van der Waals surface area contributed by atoms with Crippen LogP contribution in [0.2, 0.25) is 0 Å². The molecule has 0 saturated carbocycles. The van der Waals surface area contributed by atoms with Gasteiger partial charge in [-0.25, -0.2) is 0 Å². The largest absolute Gasteiger partial charge is 0.495 e. The monoisotopic (exact) mass is 292 g/mol. The number of anilines is 2. The maximum Gasteiger partial charge on any atom is 0.248 e. The molecule has 0 aliphatic heterocycles. The van der Waals surface area contributed by atoms with Gasteiger partial charge in [-0.05, 0) is 26.0 Å². The molecule has 20 heavy (non-hydrogen) atoms. The lowest BCUT2D eigenvalue weighted by molar-refractivity contribution is -0.116. The minimum absolute atomic E-state index is 0.174. The number of para-hydroxylation sites is 2. The zero-order valence-electron chi connectivity index (χ0n) is 11.5. The van der Waals surface area contributed by atoms with Gasteiger partial charge in [-0.2, -0.15) is 0 Å². The lowest BCUT2D eigenvalue weighted by atomic mass is 10.2.